The Balaban J connectivity index is 2.87. The number of rotatable bonds is 3. The molecule has 7 heteroatoms. The quantitative estimate of drug-likeness (QED) is 0.855. The van der Waals surface area contributed by atoms with Crippen LogP contribution in [0.5, 0.6) is 0 Å². The first-order chi connectivity index (χ1) is 7.68. The third kappa shape index (κ3) is 5.01. The Labute approximate surface area is 96.3 Å². The van der Waals surface area contributed by atoms with Gasteiger partial charge in [-0.15, -0.1) is 0 Å². The summed E-state index contributed by atoms with van der Waals surface area (Å²) in [5.41, 5.74) is -0.602. The Hall–Kier alpha value is -1.34. The zero-order chi connectivity index (χ0) is 13.1. The maximum absolute atomic E-state index is 12.3. The molecule has 1 N–H and O–H groups in total. The van der Waals surface area contributed by atoms with Crippen LogP contribution >= 0.6 is 0 Å². The molecule has 0 radical (unpaired) electrons. The minimum Gasteiger partial charge on any atom is -0.285 e. The van der Waals surface area contributed by atoms with Crippen LogP contribution in [0.15, 0.2) is 30.3 Å². The number of hydrogen-bond donors (Lipinski definition) is 1. The van der Waals surface area contributed by atoms with Crippen LogP contribution in [0.25, 0.3) is 6.08 Å². The van der Waals surface area contributed by atoms with Crippen LogP contribution in [0.3, 0.4) is 0 Å². The van der Waals surface area contributed by atoms with Crippen molar-refractivity contribution in [2.75, 3.05) is 5.75 Å². The lowest BCUT2D eigenvalue weighted by atomic mass is 10.1. The molecule has 0 heterocycles. The molecule has 17 heavy (non-hydrogen) atoms. The van der Waals surface area contributed by atoms with Gasteiger partial charge in [-0.3, -0.25) is 4.55 Å². The Bertz CT molecular complexity index is 518. The van der Waals surface area contributed by atoms with E-state index in [2.05, 4.69) is 0 Å². The third-order valence-corrected chi connectivity index (χ3v) is 2.44. The van der Waals surface area contributed by atoms with Crippen molar-refractivity contribution < 1.29 is 26.1 Å². The number of hydrogen-bond acceptors (Lipinski definition) is 2. The SMILES string of the molecule is O=S(=O)(O)C/C=C/c1cccc(C(F)(F)F)c1. The Kier molecular flexibility index (Phi) is 3.94. The van der Waals surface area contributed by atoms with Crippen LogP contribution in [-0.4, -0.2) is 18.7 Å². The van der Waals surface area contributed by atoms with Gasteiger partial charge in [0, 0.05) is 0 Å². The highest BCUT2D eigenvalue weighted by Gasteiger charge is 2.30. The van der Waals surface area contributed by atoms with E-state index >= 15 is 0 Å². The van der Waals surface area contributed by atoms with Crippen molar-refractivity contribution in [1.82, 2.24) is 0 Å². The minimum absolute atomic E-state index is 0.212. The molecule has 0 bridgehead atoms. The Morgan fingerprint density at radius 2 is 1.94 bits per heavy atom. The van der Waals surface area contributed by atoms with Gasteiger partial charge in [-0.05, 0) is 17.7 Å². The van der Waals surface area contributed by atoms with Crippen molar-refractivity contribution in [3.8, 4) is 0 Å². The van der Waals surface area contributed by atoms with Crippen molar-refractivity contribution in [1.29, 1.82) is 0 Å². The second-order valence-electron chi connectivity index (χ2n) is 3.27. The lowest BCUT2D eigenvalue weighted by Crippen LogP contribution is -2.04. The van der Waals surface area contributed by atoms with E-state index in [1.54, 1.807) is 0 Å². The molecule has 94 valence electrons. The summed E-state index contributed by atoms with van der Waals surface area (Å²) in [4.78, 5) is 0. The molecule has 0 aliphatic rings. The first-order valence-corrected chi connectivity index (χ1v) is 6.08. The summed E-state index contributed by atoms with van der Waals surface area (Å²) in [6.07, 6.45) is -2.17. The molecule has 0 aliphatic carbocycles. The highest BCUT2D eigenvalue weighted by atomic mass is 32.2. The standard InChI is InChI=1S/C10H9F3O3S/c11-10(12,13)9-5-1-3-8(7-9)4-2-6-17(14,15)16/h1-5,7H,6H2,(H,14,15,16)/b4-2+. The highest BCUT2D eigenvalue weighted by Crippen LogP contribution is 2.29. The lowest BCUT2D eigenvalue weighted by Gasteiger charge is -2.06. The molecule has 0 aliphatic heterocycles. The molecule has 0 saturated carbocycles. The summed E-state index contributed by atoms with van der Waals surface area (Å²) < 4.78 is 66.1. The number of halogens is 3. The zero-order valence-corrected chi connectivity index (χ0v) is 9.29. The fourth-order valence-electron chi connectivity index (χ4n) is 1.12. The molecule has 1 aromatic rings. The second kappa shape index (κ2) is 4.89. The third-order valence-electron chi connectivity index (χ3n) is 1.83. The van der Waals surface area contributed by atoms with Crippen LogP contribution in [0.1, 0.15) is 11.1 Å². The van der Waals surface area contributed by atoms with Crippen LogP contribution in [0.2, 0.25) is 0 Å². The van der Waals surface area contributed by atoms with Gasteiger partial charge in [-0.1, -0.05) is 24.3 Å². The first kappa shape index (κ1) is 13.7. The molecule has 0 saturated heterocycles. The van der Waals surface area contributed by atoms with Gasteiger partial charge in [-0.25, -0.2) is 0 Å². The first-order valence-electron chi connectivity index (χ1n) is 4.47. The molecule has 0 spiro atoms. The van der Waals surface area contributed by atoms with E-state index < -0.39 is 27.6 Å². The van der Waals surface area contributed by atoms with E-state index in [1.807, 2.05) is 0 Å². The highest BCUT2D eigenvalue weighted by molar-refractivity contribution is 7.85. The molecule has 0 amide bonds. The van der Waals surface area contributed by atoms with E-state index in [0.717, 1.165) is 18.2 Å². The van der Waals surface area contributed by atoms with Gasteiger partial charge in [0.15, 0.2) is 0 Å². The van der Waals surface area contributed by atoms with Gasteiger partial charge in [-0.2, -0.15) is 21.6 Å². The van der Waals surface area contributed by atoms with E-state index in [-0.39, 0.29) is 5.56 Å². The van der Waals surface area contributed by atoms with Crippen molar-refractivity contribution in [2.45, 2.75) is 6.18 Å². The molecule has 0 aromatic heterocycles. The van der Waals surface area contributed by atoms with E-state index in [4.69, 9.17) is 4.55 Å². The molecule has 0 fully saturated rings. The van der Waals surface area contributed by atoms with Gasteiger partial charge in [0.25, 0.3) is 10.1 Å². The molecule has 0 atom stereocenters. The largest absolute Gasteiger partial charge is 0.416 e. The van der Waals surface area contributed by atoms with E-state index in [9.17, 15) is 21.6 Å². The maximum atomic E-state index is 12.3. The molecular formula is C10H9F3O3S. The predicted molar refractivity (Wildman–Crippen MR) is 56.9 cm³/mol. The molecule has 0 unspecified atom stereocenters. The molecule has 1 aromatic carbocycles. The molecular weight excluding hydrogens is 257 g/mol. The van der Waals surface area contributed by atoms with Crippen molar-refractivity contribution in [3.05, 3.63) is 41.5 Å². The van der Waals surface area contributed by atoms with E-state index in [1.165, 1.54) is 18.2 Å². The normalized spacial score (nSPS) is 13.2. The topological polar surface area (TPSA) is 54.4 Å². The molecule has 3 nitrogen and oxygen atoms in total. The monoisotopic (exact) mass is 266 g/mol. The summed E-state index contributed by atoms with van der Waals surface area (Å²) >= 11 is 0. The fraction of sp³-hybridized carbons (Fsp3) is 0.200. The number of benzene rings is 1. The second-order valence-corrected chi connectivity index (χ2v) is 4.77. The van der Waals surface area contributed by atoms with E-state index in [0.29, 0.717) is 0 Å². The van der Waals surface area contributed by atoms with Crippen molar-refractivity contribution in [2.24, 2.45) is 0 Å². The Morgan fingerprint density at radius 3 is 2.47 bits per heavy atom. The van der Waals surface area contributed by atoms with Gasteiger partial charge in [0.05, 0.1) is 11.3 Å². The number of alkyl halides is 3. The van der Waals surface area contributed by atoms with Crippen LogP contribution < -0.4 is 0 Å². The lowest BCUT2D eigenvalue weighted by molar-refractivity contribution is -0.137. The fourth-order valence-corrected chi connectivity index (χ4v) is 1.46. The van der Waals surface area contributed by atoms with Gasteiger partial charge >= 0.3 is 6.18 Å². The van der Waals surface area contributed by atoms with Gasteiger partial charge in [0.2, 0.25) is 0 Å². The van der Waals surface area contributed by atoms with Crippen molar-refractivity contribution >= 4 is 16.2 Å². The Morgan fingerprint density at radius 1 is 1.29 bits per heavy atom. The van der Waals surface area contributed by atoms with Gasteiger partial charge in [0.1, 0.15) is 0 Å². The predicted octanol–water partition coefficient (Wildman–Crippen LogP) is 2.61. The maximum Gasteiger partial charge on any atom is 0.416 e. The summed E-state index contributed by atoms with van der Waals surface area (Å²) in [5.74, 6) is -0.636. The van der Waals surface area contributed by atoms with Crippen LogP contribution in [0, 0.1) is 0 Å². The summed E-state index contributed by atoms with van der Waals surface area (Å²) in [6.45, 7) is 0. The smallest absolute Gasteiger partial charge is 0.285 e. The van der Waals surface area contributed by atoms with Crippen molar-refractivity contribution in [3.63, 3.8) is 0 Å². The molecule has 1 rings (SSSR count). The van der Waals surface area contributed by atoms with Gasteiger partial charge < -0.3 is 0 Å². The minimum atomic E-state index is -4.44. The summed E-state index contributed by atoms with van der Waals surface area (Å²) in [5, 5.41) is 0. The average Bonchev–Trinajstić information content (AvgIpc) is 2.15. The summed E-state index contributed by atoms with van der Waals surface area (Å²) in [7, 11) is -4.14. The zero-order valence-electron chi connectivity index (χ0n) is 8.48. The van der Waals surface area contributed by atoms with Crippen LogP contribution in [-0.2, 0) is 16.3 Å². The summed E-state index contributed by atoms with van der Waals surface area (Å²) in [6, 6.07) is 4.42. The van der Waals surface area contributed by atoms with Crippen LogP contribution in [0.4, 0.5) is 13.2 Å². The average molecular weight is 266 g/mol.